The molecule has 0 aromatic heterocycles. The van der Waals surface area contributed by atoms with Gasteiger partial charge in [0.15, 0.2) is 0 Å². The molecule has 1 fully saturated rings. The summed E-state index contributed by atoms with van der Waals surface area (Å²) in [5.41, 5.74) is 2.68. The highest BCUT2D eigenvalue weighted by molar-refractivity contribution is 6.22. The van der Waals surface area contributed by atoms with Gasteiger partial charge in [-0.3, -0.25) is 24.1 Å². The fourth-order valence-corrected chi connectivity index (χ4v) is 3.75. The lowest BCUT2D eigenvalue weighted by Gasteiger charge is -2.13. The monoisotopic (exact) mass is 439 g/mol. The van der Waals surface area contributed by atoms with Crippen LogP contribution in [0.2, 0.25) is 0 Å². The van der Waals surface area contributed by atoms with Gasteiger partial charge in [0.05, 0.1) is 17.7 Å². The molecule has 7 nitrogen and oxygen atoms in total. The lowest BCUT2D eigenvalue weighted by atomic mass is 10.1. The molecule has 0 bridgehead atoms. The van der Waals surface area contributed by atoms with E-state index >= 15 is 0 Å². The van der Waals surface area contributed by atoms with Gasteiger partial charge < -0.3 is 10.6 Å². The van der Waals surface area contributed by atoms with Crippen molar-refractivity contribution in [1.29, 1.82) is 0 Å². The molecule has 33 heavy (non-hydrogen) atoms. The average Bonchev–Trinajstić information content (AvgIpc) is 3.62. The summed E-state index contributed by atoms with van der Waals surface area (Å²) in [7, 11) is 0. The van der Waals surface area contributed by atoms with Crippen LogP contribution in [0.25, 0.3) is 0 Å². The molecule has 164 valence electrons. The quantitative estimate of drug-likeness (QED) is 0.574. The summed E-state index contributed by atoms with van der Waals surface area (Å²) in [5, 5.41) is 5.68. The lowest BCUT2D eigenvalue weighted by Crippen LogP contribution is -2.29. The van der Waals surface area contributed by atoms with E-state index in [1.54, 1.807) is 24.3 Å². The third kappa shape index (κ3) is 4.25. The van der Waals surface area contributed by atoms with Crippen LogP contribution in [-0.2, 0) is 6.54 Å². The van der Waals surface area contributed by atoms with Gasteiger partial charge in [0.25, 0.3) is 23.6 Å². The molecule has 2 N–H and O–H groups in total. The minimum absolute atomic E-state index is 0.128. The average molecular weight is 439 g/mol. The van der Waals surface area contributed by atoms with Crippen LogP contribution in [0.15, 0.2) is 72.8 Å². The first-order valence-electron chi connectivity index (χ1n) is 10.8. The van der Waals surface area contributed by atoms with Crippen LogP contribution >= 0.6 is 0 Å². The van der Waals surface area contributed by atoms with Gasteiger partial charge in [-0.25, -0.2) is 0 Å². The largest absolute Gasteiger partial charge is 0.349 e. The third-order valence-electron chi connectivity index (χ3n) is 5.73. The molecule has 0 atom stereocenters. The lowest BCUT2D eigenvalue weighted by molar-refractivity contribution is 0.0641. The minimum atomic E-state index is -0.417. The van der Waals surface area contributed by atoms with E-state index in [1.807, 2.05) is 30.3 Å². The number of imide groups is 1. The maximum Gasteiger partial charge on any atom is 0.261 e. The maximum absolute atomic E-state index is 12.9. The number of amides is 4. The van der Waals surface area contributed by atoms with Crippen LogP contribution in [-0.4, -0.2) is 34.6 Å². The van der Waals surface area contributed by atoms with Gasteiger partial charge in [0.1, 0.15) is 0 Å². The summed E-state index contributed by atoms with van der Waals surface area (Å²) in [6.45, 7) is 0.176. The first-order valence-corrected chi connectivity index (χ1v) is 10.8. The molecule has 3 aromatic rings. The Kier molecular flexibility index (Phi) is 5.22. The highest BCUT2D eigenvalue weighted by atomic mass is 16.2. The number of nitrogens with one attached hydrogen (secondary N) is 2. The van der Waals surface area contributed by atoms with Gasteiger partial charge in [0.2, 0.25) is 0 Å². The number of anilines is 1. The van der Waals surface area contributed by atoms with E-state index in [4.69, 9.17) is 0 Å². The number of hydrogen-bond donors (Lipinski definition) is 2. The Bertz CT molecular complexity index is 1260. The molecular weight excluding hydrogens is 418 g/mol. The zero-order chi connectivity index (χ0) is 22.9. The first kappa shape index (κ1) is 20.6. The highest BCUT2D eigenvalue weighted by Crippen LogP contribution is 2.26. The molecule has 7 heteroatoms. The molecular formula is C26H21N3O4. The van der Waals surface area contributed by atoms with Crippen molar-refractivity contribution in [3.63, 3.8) is 0 Å². The van der Waals surface area contributed by atoms with E-state index in [0.29, 0.717) is 16.8 Å². The molecule has 0 radical (unpaired) electrons. The SMILES string of the molecule is O=C(Nc1ccc(C(=O)NC2CC2)cc1)c1ccc2c(c1)C(=O)N(Cc1ccccc1)C2=O. The number of fused-ring (bicyclic) bond motifs is 1. The van der Waals surface area contributed by atoms with Crippen molar-refractivity contribution in [2.75, 3.05) is 5.32 Å². The molecule has 1 aliphatic carbocycles. The van der Waals surface area contributed by atoms with Crippen molar-refractivity contribution in [2.24, 2.45) is 0 Å². The van der Waals surface area contributed by atoms with E-state index in [2.05, 4.69) is 10.6 Å². The maximum atomic E-state index is 12.9. The standard InChI is InChI=1S/C26H21N3O4/c30-23(27-20-11-12-20)17-6-9-19(10-7-17)28-24(31)18-8-13-21-22(14-18)26(33)29(25(21)32)15-16-4-2-1-3-5-16/h1-10,13-14,20H,11-12,15H2,(H,27,30)(H,28,31). The fourth-order valence-electron chi connectivity index (χ4n) is 3.75. The van der Waals surface area contributed by atoms with Gasteiger partial charge in [-0.1, -0.05) is 30.3 Å². The first-order chi connectivity index (χ1) is 16.0. The van der Waals surface area contributed by atoms with E-state index in [0.717, 1.165) is 18.4 Å². The van der Waals surface area contributed by atoms with Crippen LogP contribution in [0, 0.1) is 0 Å². The van der Waals surface area contributed by atoms with Crippen LogP contribution in [0.1, 0.15) is 59.8 Å². The van der Waals surface area contributed by atoms with Crippen molar-refractivity contribution >= 4 is 29.3 Å². The van der Waals surface area contributed by atoms with E-state index in [-0.39, 0.29) is 35.5 Å². The van der Waals surface area contributed by atoms with Crippen molar-refractivity contribution < 1.29 is 19.2 Å². The normalized spacial score (nSPS) is 14.7. The summed E-state index contributed by atoms with van der Waals surface area (Å²) in [4.78, 5) is 51.6. The molecule has 0 saturated heterocycles. The molecule has 0 spiro atoms. The highest BCUT2D eigenvalue weighted by Gasteiger charge is 2.36. The fraction of sp³-hybridized carbons (Fsp3) is 0.154. The molecule has 4 amide bonds. The van der Waals surface area contributed by atoms with Crippen molar-refractivity contribution in [3.8, 4) is 0 Å². The summed E-state index contributed by atoms with van der Waals surface area (Å²) in [5.74, 6) is -1.32. The summed E-state index contributed by atoms with van der Waals surface area (Å²) >= 11 is 0. The second kappa shape index (κ2) is 8.35. The Labute approximate surface area is 190 Å². The number of carbonyl (C=O) groups is 4. The van der Waals surface area contributed by atoms with Crippen molar-refractivity contribution in [1.82, 2.24) is 10.2 Å². The number of carbonyl (C=O) groups excluding carboxylic acids is 4. The molecule has 0 unspecified atom stereocenters. The van der Waals surface area contributed by atoms with Crippen molar-refractivity contribution in [2.45, 2.75) is 25.4 Å². The number of rotatable bonds is 6. The summed E-state index contributed by atoms with van der Waals surface area (Å²) < 4.78 is 0. The Balaban J connectivity index is 1.28. The van der Waals surface area contributed by atoms with Crippen molar-refractivity contribution in [3.05, 3.63) is 101 Å². The zero-order valence-corrected chi connectivity index (χ0v) is 17.7. The molecule has 5 rings (SSSR count). The van der Waals surface area contributed by atoms with Gasteiger partial charge >= 0.3 is 0 Å². The molecule has 3 aromatic carbocycles. The second-order valence-corrected chi connectivity index (χ2v) is 8.22. The smallest absolute Gasteiger partial charge is 0.261 e. The van der Waals surface area contributed by atoms with Crippen LogP contribution in [0.5, 0.6) is 0 Å². The van der Waals surface area contributed by atoms with Crippen LogP contribution in [0.3, 0.4) is 0 Å². The number of benzene rings is 3. The predicted molar refractivity (Wildman–Crippen MR) is 122 cm³/mol. The van der Waals surface area contributed by atoms with Crippen LogP contribution in [0.4, 0.5) is 5.69 Å². The molecule has 1 saturated carbocycles. The number of nitrogens with zero attached hydrogens (tertiary/aromatic N) is 1. The second-order valence-electron chi connectivity index (χ2n) is 8.22. The van der Waals surface area contributed by atoms with Gasteiger partial charge in [-0.15, -0.1) is 0 Å². The Morgan fingerprint density at radius 2 is 1.45 bits per heavy atom. The van der Waals surface area contributed by atoms with Gasteiger partial charge in [0, 0.05) is 22.9 Å². The molecule has 1 heterocycles. The Hall–Kier alpha value is -4.26. The van der Waals surface area contributed by atoms with Gasteiger partial charge in [-0.05, 0) is 60.9 Å². The minimum Gasteiger partial charge on any atom is -0.349 e. The third-order valence-corrected chi connectivity index (χ3v) is 5.73. The van der Waals surface area contributed by atoms with E-state index in [9.17, 15) is 19.2 Å². The van der Waals surface area contributed by atoms with Gasteiger partial charge in [-0.2, -0.15) is 0 Å². The summed E-state index contributed by atoms with van der Waals surface area (Å²) in [6.07, 6.45) is 2.03. The summed E-state index contributed by atoms with van der Waals surface area (Å²) in [6, 6.07) is 20.7. The van der Waals surface area contributed by atoms with E-state index < -0.39 is 11.8 Å². The number of hydrogen-bond acceptors (Lipinski definition) is 4. The zero-order valence-electron chi connectivity index (χ0n) is 17.7. The topological polar surface area (TPSA) is 95.6 Å². The predicted octanol–water partition coefficient (Wildman–Crippen LogP) is 3.63. The Morgan fingerprint density at radius 1 is 0.788 bits per heavy atom. The van der Waals surface area contributed by atoms with Crippen LogP contribution < -0.4 is 10.6 Å². The Morgan fingerprint density at radius 3 is 2.15 bits per heavy atom. The molecule has 2 aliphatic rings. The van der Waals surface area contributed by atoms with E-state index in [1.165, 1.54) is 23.1 Å². The molecule has 1 aliphatic heterocycles.